The van der Waals surface area contributed by atoms with Gasteiger partial charge in [-0.2, -0.15) is 0 Å². The Morgan fingerprint density at radius 2 is 1.73 bits per heavy atom. The standard InChI is InChI=1S/C28H36N4O3.C2H6/c1-28(2,3)35-27(33)32-12-9-21(10-13-32)20-4-6-22(7-5-20)26-24-18-23(30-25(24)8-11-29-26)19-31-14-16-34-17-15-31;1-2/h4-8,11,18,21,30H,9-10,12-17,19H2,1-3H3;1-2H3. The van der Waals surface area contributed by atoms with Gasteiger partial charge in [0.1, 0.15) is 5.60 Å². The van der Waals surface area contributed by atoms with E-state index in [-0.39, 0.29) is 6.09 Å². The highest BCUT2D eigenvalue weighted by atomic mass is 16.6. The normalized spacial score (nSPS) is 17.4. The van der Waals surface area contributed by atoms with Crippen molar-refractivity contribution < 1.29 is 14.3 Å². The number of hydrogen-bond donors (Lipinski definition) is 1. The summed E-state index contributed by atoms with van der Waals surface area (Å²) in [5.41, 5.74) is 5.34. The van der Waals surface area contributed by atoms with Crippen molar-refractivity contribution in [1.82, 2.24) is 19.8 Å². The molecule has 37 heavy (non-hydrogen) atoms. The van der Waals surface area contributed by atoms with Crippen LogP contribution in [0.1, 0.15) is 64.6 Å². The van der Waals surface area contributed by atoms with Crippen LogP contribution in [0.25, 0.3) is 22.2 Å². The second-order valence-electron chi connectivity index (χ2n) is 10.7. The van der Waals surface area contributed by atoms with E-state index in [2.05, 4.69) is 46.3 Å². The fraction of sp³-hybridized carbons (Fsp3) is 0.533. The molecule has 5 rings (SSSR count). The first-order valence-corrected chi connectivity index (χ1v) is 13.7. The minimum atomic E-state index is -0.455. The molecule has 0 unspecified atom stereocenters. The lowest BCUT2D eigenvalue weighted by atomic mass is 9.89. The van der Waals surface area contributed by atoms with Crippen molar-refractivity contribution in [2.45, 2.75) is 65.5 Å². The number of nitrogens with zero attached hydrogens (tertiary/aromatic N) is 3. The van der Waals surface area contributed by atoms with Gasteiger partial charge in [-0.05, 0) is 57.2 Å². The lowest BCUT2D eigenvalue weighted by Crippen LogP contribution is -2.41. The molecule has 0 atom stereocenters. The second kappa shape index (κ2) is 12.1. The number of fused-ring (bicyclic) bond motifs is 1. The molecule has 200 valence electrons. The van der Waals surface area contributed by atoms with E-state index < -0.39 is 5.60 Å². The predicted molar refractivity (Wildman–Crippen MR) is 149 cm³/mol. The number of nitrogens with one attached hydrogen (secondary N) is 1. The third-order valence-electron chi connectivity index (χ3n) is 6.90. The third kappa shape index (κ3) is 6.90. The van der Waals surface area contributed by atoms with Crippen molar-refractivity contribution >= 4 is 17.0 Å². The Balaban J connectivity index is 0.00000156. The van der Waals surface area contributed by atoms with Gasteiger partial charge in [0.25, 0.3) is 0 Å². The average Bonchev–Trinajstić information content (AvgIpc) is 3.32. The number of pyridine rings is 1. The quantitative estimate of drug-likeness (QED) is 0.456. The smallest absolute Gasteiger partial charge is 0.410 e. The Labute approximate surface area is 221 Å². The number of morpholine rings is 1. The monoisotopic (exact) mass is 506 g/mol. The maximum absolute atomic E-state index is 12.4. The van der Waals surface area contributed by atoms with Gasteiger partial charge in [0.05, 0.1) is 18.9 Å². The van der Waals surface area contributed by atoms with E-state index in [0.717, 1.165) is 80.9 Å². The van der Waals surface area contributed by atoms with Crippen molar-refractivity contribution in [3.05, 3.63) is 53.9 Å². The molecule has 0 bridgehead atoms. The molecule has 2 aliphatic heterocycles. The van der Waals surface area contributed by atoms with E-state index in [9.17, 15) is 4.79 Å². The number of likely N-dealkylation sites (tertiary alicyclic amines) is 1. The summed E-state index contributed by atoms with van der Waals surface area (Å²) >= 11 is 0. The number of piperidine rings is 1. The Morgan fingerprint density at radius 1 is 1.05 bits per heavy atom. The number of carbonyl (C=O) groups is 1. The Kier molecular flexibility index (Phi) is 8.87. The molecule has 0 radical (unpaired) electrons. The molecule has 0 aliphatic carbocycles. The number of ether oxygens (including phenoxy) is 2. The molecule has 3 aromatic rings. The van der Waals surface area contributed by atoms with E-state index in [0.29, 0.717) is 5.92 Å². The highest BCUT2D eigenvalue weighted by Crippen LogP contribution is 2.32. The zero-order valence-corrected chi connectivity index (χ0v) is 23.0. The van der Waals surface area contributed by atoms with Gasteiger partial charge in [0.15, 0.2) is 0 Å². The maximum Gasteiger partial charge on any atom is 0.410 e. The molecular formula is C30H42N4O3. The molecular weight excluding hydrogens is 464 g/mol. The number of carbonyl (C=O) groups excluding carboxylic acids is 1. The molecule has 1 aromatic carbocycles. The third-order valence-corrected chi connectivity index (χ3v) is 6.90. The van der Waals surface area contributed by atoms with Gasteiger partial charge >= 0.3 is 6.09 Å². The van der Waals surface area contributed by atoms with Crippen molar-refractivity contribution in [2.75, 3.05) is 39.4 Å². The fourth-order valence-corrected chi connectivity index (χ4v) is 5.06. The van der Waals surface area contributed by atoms with Crippen LogP contribution in [-0.2, 0) is 16.0 Å². The number of rotatable bonds is 4. The molecule has 2 aromatic heterocycles. The van der Waals surface area contributed by atoms with Gasteiger partial charge in [-0.1, -0.05) is 38.1 Å². The van der Waals surface area contributed by atoms with Crippen LogP contribution in [0, 0.1) is 0 Å². The lowest BCUT2D eigenvalue weighted by molar-refractivity contribution is 0.0205. The Bertz CT molecular complexity index is 1150. The minimum Gasteiger partial charge on any atom is -0.444 e. The minimum absolute atomic E-state index is 0.204. The molecule has 0 spiro atoms. The SMILES string of the molecule is CC.CC(C)(C)OC(=O)N1CCC(c2ccc(-c3nccc4[nH]c(CN5CCOCC5)cc34)cc2)CC1. The van der Waals surface area contributed by atoms with E-state index >= 15 is 0 Å². The number of aromatic nitrogens is 2. The summed E-state index contributed by atoms with van der Waals surface area (Å²) in [5, 5.41) is 1.16. The lowest BCUT2D eigenvalue weighted by Gasteiger charge is -2.33. The van der Waals surface area contributed by atoms with Crippen LogP contribution >= 0.6 is 0 Å². The van der Waals surface area contributed by atoms with E-state index in [1.54, 1.807) is 0 Å². The van der Waals surface area contributed by atoms with Crippen LogP contribution in [0.3, 0.4) is 0 Å². The summed E-state index contributed by atoms with van der Waals surface area (Å²) in [7, 11) is 0. The van der Waals surface area contributed by atoms with Gasteiger partial charge in [-0.25, -0.2) is 4.79 Å². The van der Waals surface area contributed by atoms with Gasteiger partial charge < -0.3 is 19.4 Å². The summed E-state index contributed by atoms with van der Waals surface area (Å²) in [6, 6.07) is 13.1. The van der Waals surface area contributed by atoms with Gasteiger partial charge in [-0.15, -0.1) is 0 Å². The van der Waals surface area contributed by atoms with Crippen molar-refractivity contribution in [3.8, 4) is 11.3 Å². The molecule has 4 heterocycles. The van der Waals surface area contributed by atoms with Crippen LogP contribution in [0.4, 0.5) is 4.79 Å². The summed E-state index contributed by atoms with van der Waals surface area (Å²) < 4.78 is 11.0. The highest BCUT2D eigenvalue weighted by Gasteiger charge is 2.27. The van der Waals surface area contributed by atoms with E-state index in [4.69, 9.17) is 14.5 Å². The molecule has 2 aliphatic rings. The summed E-state index contributed by atoms with van der Waals surface area (Å²) in [4.78, 5) is 24.9. The zero-order chi connectivity index (χ0) is 26.4. The number of amides is 1. The molecule has 2 saturated heterocycles. The Hall–Kier alpha value is -2.90. The van der Waals surface area contributed by atoms with Crippen molar-refractivity contribution in [1.29, 1.82) is 0 Å². The molecule has 0 saturated carbocycles. The number of benzene rings is 1. The van der Waals surface area contributed by atoms with Gasteiger partial charge in [0.2, 0.25) is 0 Å². The largest absolute Gasteiger partial charge is 0.444 e. The highest BCUT2D eigenvalue weighted by molar-refractivity contribution is 5.93. The Morgan fingerprint density at radius 3 is 2.38 bits per heavy atom. The van der Waals surface area contributed by atoms with E-state index in [1.165, 1.54) is 11.3 Å². The number of hydrogen-bond acceptors (Lipinski definition) is 5. The first kappa shape index (κ1) is 27.1. The fourth-order valence-electron chi connectivity index (χ4n) is 5.06. The van der Waals surface area contributed by atoms with Crippen molar-refractivity contribution in [3.63, 3.8) is 0 Å². The molecule has 1 amide bonds. The van der Waals surface area contributed by atoms with Crippen LogP contribution in [0.2, 0.25) is 0 Å². The van der Waals surface area contributed by atoms with Crippen LogP contribution < -0.4 is 0 Å². The predicted octanol–water partition coefficient (Wildman–Crippen LogP) is 6.20. The first-order chi connectivity index (χ1) is 17.9. The molecule has 1 N–H and O–H groups in total. The summed E-state index contributed by atoms with van der Waals surface area (Å²) in [6.45, 7) is 15.6. The number of H-pyrrole nitrogens is 1. The topological polar surface area (TPSA) is 70.7 Å². The number of aromatic amines is 1. The molecule has 7 nitrogen and oxygen atoms in total. The zero-order valence-electron chi connectivity index (χ0n) is 23.0. The molecule has 2 fully saturated rings. The molecule has 7 heteroatoms. The summed E-state index contributed by atoms with van der Waals surface area (Å²) in [5.74, 6) is 0.457. The average molecular weight is 507 g/mol. The maximum atomic E-state index is 12.4. The van der Waals surface area contributed by atoms with Crippen LogP contribution in [-0.4, -0.2) is 70.9 Å². The first-order valence-electron chi connectivity index (χ1n) is 13.7. The van der Waals surface area contributed by atoms with Gasteiger partial charge in [-0.3, -0.25) is 9.88 Å². The second-order valence-corrected chi connectivity index (χ2v) is 10.7. The summed E-state index contributed by atoms with van der Waals surface area (Å²) in [6.07, 6.45) is 3.59. The van der Waals surface area contributed by atoms with Gasteiger partial charge in [0, 0.05) is 61.1 Å². The van der Waals surface area contributed by atoms with Crippen LogP contribution in [0.15, 0.2) is 42.6 Å². The van der Waals surface area contributed by atoms with E-state index in [1.807, 2.05) is 45.7 Å². The van der Waals surface area contributed by atoms with Crippen LogP contribution in [0.5, 0.6) is 0 Å². The van der Waals surface area contributed by atoms with Crippen molar-refractivity contribution in [2.24, 2.45) is 0 Å².